The zero-order valence-corrected chi connectivity index (χ0v) is 12.9. The highest BCUT2D eigenvalue weighted by molar-refractivity contribution is 5.96. The van der Waals surface area contributed by atoms with Crippen LogP contribution in [0, 0.1) is 5.82 Å². The number of nitrogens with zero attached hydrogens (tertiary/aromatic N) is 2. The van der Waals surface area contributed by atoms with Crippen LogP contribution in [0.2, 0.25) is 0 Å². The molecule has 3 rings (SSSR count). The van der Waals surface area contributed by atoms with Crippen molar-refractivity contribution in [3.8, 4) is 0 Å². The van der Waals surface area contributed by atoms with Gasteiger partial charge in [-0.25, -0.2) is 9.18 Å². The van der Waals surface area contributed by atoms with Crippen LogP contribution >= 0.6 is 0 Å². The molecule has 0 radical (unpaired) electrons. The molecule has 1 aromatic heterocycles. The third-order valence-corrected chi connectivity index (χ3v) is 3.74. The number of halogens is 1. The Hall–Kier alpha value is -2.96. The fourth-order valence-electron chi connectivity index (χ4n) is 2.61. The van der Waals surface area contributed by atoms with E-state index in [1.165, 1.54) is 17.0 Å². The van der Waals surface area contributed by atoms with Gasteiger partial charge in [-0.3, -0.25) is 9.78 Å². The van der Waals surface area contributed by atoms with E-state index in [0.717, 1.165) is 5.69 Å². The Morgan fingerprint density at radius 1 is 1.29 bits per heavy atom. The van der Waals surface area contributed by atoms with Crippen LogP contribution in [0.3, 0.4) is 0 Å². The lowest BCUT2D eigenvalue weighted by Gasteiger charge is -2.17. The summed E-state index contributed by atoms with van der Waals surface area (Å²) in [6.45, 7) is 0.625. The van der Waals surface area contributed by atoms with E-state index in [-0.39, 0.29) is 24.4 Å². The van der Waals surface area contributed by atoms with Gasteiger partial charge in [0, 0.05) is 24.8 Å². The van der Waals surface area contributed by atoms with E-state index in [1.54, 1.807) is 24.4 Å². The number of nitrogens with one attached hydrogen (secondary N) is 2. The summed E-state index contributed by atoms with van der Waals surface area (Å²) in [5, 5.41) is 5.46. The molecule has 1 fully saturated rings. The number of hydrogen-bond donors (Lipinski definition) is 2. The molecule has 2 N–H and O–H groups in total. The topological polar surface area (TPSA) is 74.3 Å². The molecular formula is C17H17FN4O2. The molecule has 6 nitrogen and oxygen atoms in total. The maximum absolute atomic E-state index is 13.3. The van der Waals surface area contributed by atoms with Gasteiger partial charge in [0.2, 0.25) is 5.91 Å². The number of benzene rings is 1. The summed E-state index contributed by atoms with van der Waals surface area (Å²) in [4.78, 5) is 29.6. The predicted molar refractivity (Wildman–Crippen MR) is 86.8 cm³/mol. The van der Waals surface area contributed by atoms with Gasteiger partial charge in [0.1, 0.15) is 5.82 Å². The molecule has 1 aliphatic heterocycles. The van der Waals surface area contributed by atoms with Crippen LogP contribution in [0.4, 0.5) is 14.9 Å². The van der Waals surface area contributed by atoms with Crippen LogP contribution in [-0.4, -0.2) is 29.5 Å². The molecule has 1 aromatic carbocycles. The SMILES string of the molecule is O=C(NCc1ccccn1)NC1CC(=O)N(c2cccc(F)c2)C1. The number of hydrogen-bond acceptors (Lipinski definition) is 3. The quantitative estimate of drug-likeness (QED) is 0.899. The number of aromatic nitrogens is 1. The summed E-state index contributed by atoms with van der Waals surface area (Å²) in [5.41, 5.74) is 1.25. The first-order valence-electron chi connectivity index (χ1n) is 7.62. The molecular weight excluding hydrogens is 311 g/mol. The average molecular weight is 328 g/mol. The van der Waals surface area contributed by atoms with Crippen molar-refractivity contribution in [2.75, 3.05) is 11.4 Å². The first-order chi connectivity index (χ1) is 11.6. The lowest BCUT2D eigenvalue weighted by molar-refractivity contribution is -0.117. The van der Waals surface area contributed by atoms with Crippen molar-refractivity contribution in [3.05, 3.63) is 60.2 Å². The number of urea groups is 1. The van der Waals surface area contributed by atoms with Crippen LogP contribution in [0.5, 0.6) is 0 Å². The van der Waals surface area contributed by atoms with Gasteiger partial charge in [0.15, 0.2) is 0 Å². The maximum atomic E-state index is 13.3. The molecule has 0 saturated carbocycles. The minimum absolute atomic E-state index is 0.143. The number of rotatable bonds is 4. The molecule has 24 heavy (non-hydrogen) atoms. The van der Waals surface area contributed by atoms with Crippen LogP contribution in [0.1, 0.15) is 12.1 Å². The minimum atomic E-state index is -0.398. The molecule has 1 unspecified atom stereocenters. The highest BCUT2D eigenvalue weighted by Crippen LogP contribution is 2.22. The van der Waals surface area contributed by atoms with Gasteiger partial charge in [-0.05, 0) is 30.3 Å². The molecule has 0 bridgehead atoms. The van der Waals surface area contributed by atoms with Gasteiger partial charge in [0.05, 0.1) is 18.3 Å². The largest absolute Gasteiger partial charge is 0.333 e. The van der Waals surface area contributed by atoms with E-state index in [9.17, 15) is 14.0 Å². The second kappa shape index (κ2) is 7.08. The van der Waals surface area contributed by atoms with Gasteiger partial charge in [-0.2, -0.15) is 0 Å². The molecule has 1 aliphatic rings. The van der Waals surface area contributed by atoms with Crippen molar-refractivity contribution in [3.63, 3.8) is 0 Å². The molecule has 0 spiro atoms. The standard InChI is InChI=1S/C17H17FN4O2/c18-12-4-3-6-15(8-12)22-11-14(9-16(22)23)21-17(24)20-10-13-5-1-2-7-19-13/h1-8,14H,9-11H2,(H2,20,21,24). The molecule has 3 amide bonds. The molecule has 2 aromatic rings. The third kappa shape index (κ3) is 3.87. The van der Waals surface area contributed by atoms with Gasteiger partial charge in [-0.1, -0.05) is 12.1 Å². The normalized spacial score (nSPS) is 17.0. The zero-order valence-electron chi connectivity index (χ0n) is 12.9. The second-order valence-corrected chi connectivity index (χ2v) is 5.53. The highest BCUT2D eigenvalue weighted by atomic mass is 19.1. The number of anilines is 1. The van der Waals surface area contributed by atoms with Crippen molar-refractivity contribution in [2.45, 2.75) is 19.0 Å². The van der Waals surface area contributed by atoms with Crippen molar-refractivity contribution < 1.29 is 14.0 Å². The monoisotopic (exact) mass is 328 g/mol. The van der Waals surface area contributed by atoms with Gasteiger partial charge in [0.25, 0.3) is 0 Å². The molecule has 1 atom stereocenters. The average Bonchev–Trinajstić information content (AvgIpc) is 2.94. The summed E-state index contributed by atoms with van der Waals surface area (Å²) in [6.07, 6.45) is 1.84. The molecule has 2 heterocycles. The minimum Gasteiger partial charge on any atom is -0.333 e. The molecule has 7 heteroatoms. The Labute approximate surface area is 138 Å². The lowest BCUT2D eigenvalue weighted by atomic mass is 10.2. The second-order valence-electron chi connectivity index (χ2n) is 5.53. The van der Waals surface area contributed by atoms with E-state index < -0.39 is 5.82 Å². The van der Waals surface area contributed by atoms with E-state index in [1.807, 2.05) is 12.1 Å². The first-order valence-corrected chi connectivity index (χ1v) is 7.62. The van der Waals surface area contributed by atoms with E-state index in [4.69, 9.17) is 0 Å². The summed E-state index contributed by atoms with van der Waals surface area (Å²) in [6, 6.07) is 10.6. The van der Waals surface area contributed by atoms with Crippen molar-refractivity contribution >= 4 is 17.6 Å². The fourth-order valence-corrected chi connectivity index (χ4v) is 2.61. The van der Waals surface area contributed by atoms with E-state index >= 15 is 0 Å². The van der Waals surface area contributed by atoms with Crippen LogP contribution < -0.4 is 15.5 Å². The van der Waals surface area contributed by atoms with E-state index in [2.05, 4.69) is 15.6 Å². The maximum Gasteiger partial charge on any atom is 0.315 e. The summed E-state index contributed by atoms with van der Waals surface area (Å²) >= 11 is 0. The molecule has 0 aliphatic carbocycles. The lowest BCUT2D eigenvalue weighted by Crippen LogP contribution is -2.43. The van der Waals surface area contributed by atoms with Crippen LogP contribution in [-0.2, 0) is 11.3 Å². The number of carbonyl (C=O) groups is 2. The van der Waals surface area contributed by atoms with E-state index in [0.29, 0.717) is 18.8 Å². The fraction of sp³-hybridized carbons (Fsp3) is 0.235. The van der Waals surface area contributed by atoms with Gasteiger partial charge in [-0.15, -0.1) is 0 Å². The number of carbonyl (C=O) groups excluding carboxylic acids is 2. The van der Waals surface area contributed by atoms with Gasteiger partial charge >= 0.3 is 6.03 Å². The Bertz CT molecular complexity index is 738. The Morgan fingerprint density at radius 2 is 2.17 bits per heavy atom. The summed E-state index contributed by atoms with van der Waals surface area (Å²) < 4.78 is 13.3. The van der Waals surface area contributed by atoms with Crippen LogP contribution in [0.15, 0.2) is 48.7 Å². The Morgan fingerprint density at radius 3 is 2.92 bits per heavy atom. The van der Waals surface area contributed by atoms with Crippen molar-refractivity contribution in [2.24, 2.45) is 0 Å². The zero-order chi connectivity index (χ0) is 16.9. The third-order valence-electron chi connectivity index (χ3n) is 3.74. The predicted octanol–water partition coefficient (Wildman–Crippen LogP) is 1.83. The first kappa shape index (κ1) is 15.9. The Balaban J connectivity index is 1.53. The van der Waals surface area contributed by atoms with Crippen molar-refractivity contribution in [1.29, 1.82) is 0 Å². The summed E-state index contributed by atoms with van der Waals surface area (Å²) in [5.74, 6) is -0.541. The number of amides is 3. The Kier molecular flexibility index (Phi) is 4.69. The smallest absolute Gasteiger partial charge is 0.315 e. The van der Waals surface area contributed by atoms with Gasteiger partial charge < -0.3 is 15.5 Å². The van der Waals surface area contributed by atoms with Crippen molar-refractivity contribution in [1.82, 2.24) is 15.6 Å². The highest BCUT2D eigenvalue weighted by Gasteiger charge is 2.31. The summed E-state index contributed by atoms with van der Waals surface area (Å²) in [7, 11) is 0. The number of pyridine rings is 1. The molecule has 124 valence electrons. The molecule has 1 saturated heterocycles. The van der Waals surface area contributed by atoms with Crippen LogP contribution in [0.25, 0.3) is 0 Å².